The van der Waals surface area contributed by atoms with Crippen molar-refractivity contribution in [2.75, 3.05) is 31.5 Å². The first-order valence-electron chi connectivity index (χ1n) is 9.76. The molecule has 0 spiro atoms. The normalized spacial score (nSPS) is 13.6. The SMILES string of the molecule is NP(=O)(OCCC(OCc1ccccc1)OCc1ccccc1)N(CCCl)CCCl. The van der Waals surface area contributed by atoms with Gasteiger partial charge in [0.25, 0.3) is 0 Å². The molecule has 0 amide bonds. The molecule has 0 aliphatic heterocycles. The fourth-order valence-electron chi connectivity index (χ4n) is 2.69. The maximum atomic E-state index is 12.7. The molecule has 166 valence electrons. The van der Waals surface area contributed by atoms with Crippen LogP contribution in [0.1, 0.15) is 17.5 Å². The van der Waals surface area contributed by atoms with Gasteiger partial charge in [-0.05, 0) is 11.1 Å². The number of nitrogens with zero attached hydrogens (tertiary/aromatic N) is 1. The van der Waals surface area contributed by atoms with E-state index in [0.29, 0.717) is 32.7 Å². The molecule has 0 saturated carbocycles. The molecule has 0 fully saturated rings. The molecule has 2 aromatic rings. The lowest BCUT2D eigenvalue weighted by Gasteiger charge is -2.27. The Kier molecular flexibility index (Phi) is 12.0. The largest absolute Gasteiger partial charge is 0.348 e. The van der Waals surface area contributed by atoms with Gasteiger partial charge in [-0.3, -0.25) is 4.57 Å². The molecule has 30 heavy (non-hydrogen) atoms. The van der Waals surface area contributed by atoms with E-state index in [1.807, 2.05) is 60.7 Å². The van der Waals surface area contributed by atoms with Crippen LogP contribution in [0, 0.1) is 0 Å². The monoisotopic (exact) mass is 474 g/mol. The predicted octanol–water partition coefficient (Wildman–Crippen LogP) is 5.00. The molecular formula is C21H29Cl2N2O4P. The summed E-state index contributed by atoms with van der Waals surface area (Å²) >= 11 is 11.5. The molecule has 0 aliphatic rings. The first-order chi connectivity index (χ1) is 14.5. The molecule has 0 aromatic heterocycles. The van der Waals surface area contributed by atoms with E-state index in [-0.39, 0.29) is 18.4 Å². The summed E-state index contributed by atoms with van der Waals surface area (Å²) in [5.74, 6) is 0.564. The molecule has 2 N–H and O–H groups in total. The minimum absolute atomic E-state index is 0.114. The Balaban J connectivity index is 1.91. The number of alkyl halides is 2. The second-order valence-corrected chi connectivity index (χ2v) is 9.25. The fraction of sp³-hybridized carbons (Fsp3) is 0.429. The minimum atomic E-state index is -3.49. The van der Waals surface area contributed by atoms with Gasteiger partial charge in [0.1, 0.15) is 0 Å². The van der Waals surface area contributed by atoms with Crippen molar-refractivity contribution in [1.29, 1.82) is 0 Å². The number of halogens is 2. The number of ether oxygens (including phenoxy) is 2. The molecule has 0 bridgehead atoms. The van der Waals surface area contributed by atoms with Crippen LogP contribution in [0.25, 0.3) is 0 Å². The highest BCUT2D eigenvalue weighted by Gasteiger charge is 2.27. The van der Waals surface area contributed by atoms with Gasteiger partial charge in [-0.1, -0.05) is 60.7 Å². The van der Waals surface area contributed by atoms with E-state index in [2.05, 4.69) is 0 Å². The lowest BCUT2D eigenvalue weighted by atomic mass is 10.2. The number of hydrogen-bond acceptors (Lipinski definition) is 4. The van der Waals surface area contributed by atoms with Gasteiger partial charge in [0.2, 0.25) is 0 Å². The third-order valence-corrected chi connectivity index (χ3v) is 6.35. The Hall–Kier alpha value is -0.950. The van der Waals surface area contributed by atoms with E-state index in [0.717, 1.165) is 11.1 Å². The third kappa shape index (κ3) is 9.46. The van der Waals surface area contributed by atoms with Crippen LogP contribution >= 0.6 is 30.9 Å². The maximum absolute atomic E-state index is 12.7. The molecule has 0 radical (unpaired) electrons. The second kappa shape index (κ2) is 14.2. The zero-order valence-corrected chi connectivity index (χ0v) is 19.3. The molecule has 1 unspecified atom stereocenters. The molecule has 9 heteroatoms. The van der Waals surface area contributed by atoms with Gasteiger partial charge in [-0.2, -0.15) is 0 Å². The Morgan fingerprint density at radius 2 is 1.33 bits per heavy atom. The second-order valence-electron chi connectivity index (χ2n) is 6.54. The zero-order valence-electron chi connectivity index (χ0n) is 16.9. The van der Waals surface area contributed by atoms with Gasteiger partial charge in [-0.25, -0.2) is 10.2 Å². The van der Waals surface area contributed by atoms with Crippen molar-refractivity contribution < 1.29 is 18.6 Å². The highest BCUT2D eigenvalue weighted by atomic mass is 35.5. The minimum Gasteiger partial charge on any atom is -0.348 e. The number of hydrogen-bond donors (Lipinski definition) is 1. The molecular weight excluding hydrogens is 446 g/mol. The van der Waals surface area contributed by atoms with Crippen LogP contribution in [0.4, 0.5) is 0 Å². The average molecular weight is 475 g/mol. The van der Waals surface area contributed by atoms with Gasteiger partial charge in [0.15, 0.2) is 6.29 Å². The summed E-state index contributed by atoms with van der Waals surface area (Å²) in [6, 6.07) is 19.6. The van der Waals surface area contributed by atoms with E-state index in [4.69, 9.17) is 42.7 Å². The summed E-state index contributed by atoms with van der Waals surface area (Å²) in [5.41, 5.74) is 7.98. The first kappa shape index (κ1) is 25.3. The smallest absolute Gasteiger partial charge is 0.340 e. The van der Waals surface area contributed by atoms with Crippen LogP contribution in [0.5, 0.6) is 0 Å². The van der Waals surface area contributed by atoms with Crippen molar-refractivity contribution in [3.63, 3.8) is 0 Å². The van der Waals surface area contributed by atoms with Crippen molar-refractivity contribution in [2.45, 2.75) is 25.9 Å². The summed E-state index contributed by atoms with van der Waals surface area (Å²) in [6.07, 6.45) is -0.170. The Morgan fingerprint density at radius 3 is 1.77 bits per heavy atom. The highest BCUT2D eigenvalue weighted by molar-refractivity contribution is 7.53. The topological polar surface area (TPSA) is 74.0 Å². The van der Waals surface area contributed by atoms with E-state index in [1.54, 1.807) is 0 Å². The number of benzene rings is 2. The summed E-state index contributed by atoms with van der Waals surface area (Å²) < 4.78 is 31.6. The Bertz CT molecular complexity index is 706. The van der Waals surface area contributed by atoms with Crippen molar-refractivity contribution in [3.05, 3.63) is 71.8 Å². The van der Waals surface area contributed by atoms with E-state index in [9.17, 15) is 4.57 Å². The number of rotatable bonds is 15. The van der Waals surface area contributed by atoms with E-state index in [1.165, 1.54) is 4.67 Å². The first-order valence-corrected chi connectivity index (χ1v) is 12.5. The maximum Gasteiger partial charge on any atom is 0.340 e. The molecule has 2 rings (SSSR count). The molecule has 1 atom stereocenters. The van der Waals surface area contributed by atoms with Crippen molar-refractivity contribution in [1.82, 2.24) is 4.67 Å². The third-order valence-electron chi connectivity index (χ3n) is 4.27. The quantitative estimate of drug-likeness (QED) is 0.222. The van der Waals surface area contributed by atoms with Crippen molar-refractivity contribution >= 4 is 30.9 Å². The van der Waals surface area contributed by atoms with Crippen LogP contribution in [0.3, 0.4) is 0 Å². The van der Waals surface area contributed by atoms with Gasteiger partial charge < -0.3 is 14.0 Å². The summed E-state index contributed by atoms with van der Waals surface area (Å²) in [6.45, 7) is 1.57. The van der Waals surface area contributed by atoms with Crippen LogP contribution in [0.2, 0.25) is 0 Å². The average Bonchev–Trinajstić information content (AvgIpc) is 2.76. The van der Waals surface area contributed by atoms with E-state index < -0.39 is 14.0 Å². The molecule has 0 saturated heterocycles. The van der Waals surface area contributed by atoms with Gasteiger partial charge in [0, 0.05) is 31.3 Å². The lowest BCUT2D eigenvalue weighted by molar-refractivity contribution is -0.163. The van der Waals surface area contributed by atoms with Gasteiger partial charge in [0.05, 0.1) is 19.8 Å². The van der Waals surface area contributed by atoms with E-state index >= 15 is 0 Å². The van der Waals surface area contributed by atoms with Crippen molar-refractivity contribution in [2.24, 2.45) is 5.50 Å². The van der Waals surface area contributed by atoms with Gasteiger partial charge in [-0.15, -0.1) is 23.2 Å². The molecule has 6 nitrogen and oxygen atoms in total. The van der Waals surface area contributed by atoms with Gasteiger partial charge >= 0.3 is 7.67 Å². The zero-order chi connectivity index (χ0) is 21.7. The predicted molar refractivity (Wildman–Crippen MR) is 122 cm³/mol. The molecule has 2 aromatic carbocycles. The standard InChI is InChI=1S/C21H29Cl2N2O4P/c22-12-14-25(15-13-23)30(24,26)29-16-11-21(27-17-19-7-3-1-4-8-19)28-18-20-9-5-2-6-10-20/h1-10,21H,11-18H2,(H2,24,26). The Morgan fingerprint density at radius 1 is 0.867 bits per heavy atom. The summed E-state index contributed by atoms with van der Waals surface area (Å²) in [4.78, 5) is 0. The molecule has 0 heterocycles. The van der Waals surface area contributed by atoms with Crippen LogP contribution in [-0.2, 0) is 31.8 Å². The molecule has 0 aliphatic carbocycles. The van der Waals surface area contributed by atoms with Crippen molar-refractivity contribution in [3.8, 4) is 0 Å². The van der Waals surface area contributed by atoms with Crippen LogP contribution < -0.4 is 5.50 Å². The highest BCUT2D eigenvalue weighted by Crippen LogP contribution is 2.42. The van der Waals surface area contributed by atoms with Crippen LogP contribution in [-0.4, -0.2) is 42.4 Å². The van der Waals surface area contributed by atoms with Crippen LogP contribution in [0.15, 0.2) is 60.7 Å². The summed E-state index contributed by atoms with van der Waals surface area (Å²) in [7, 11) is -3.49. The fourth-order valence-corrected chi connectivity index (χ4v) is 4.62. The summed E-state index contributed by atoms with van der Waals surface area (Å²) in [5, 5.41) is 0. The number of nitrogens with two attached hydrogens (primary N) is 1. The Labute approximate surface area is 188 Å². The lowest BCUT2D eigenvalue weighted by Crippen LogP contribution is -2.30.